The predicted octanol–water partition coefficient (Wildman–Crippen LogP) is 2.47. The van der Waals surface area contributed by atoms with Crippen LogP contribution in [0.1, 0.15) is 0 Å². The third-order valence-electron chi connectivity index (χ3n) is 1.92. The van der Waals surface area contributed by atoms with Gasteiger partial charge in [0.25, 0.3) is 0 Å². The highest BCUT2D eigenvalue weighted by Crippen LogP contribution is 2.32. The zero-order valence-corrected chi connectivity index (χ0v) is 9.26. The van der Waals surface area contributed by atoms with Gasteiger partial charge >= 0.3 is 0 Å². The van der Waals surface area contributed by atoms with Gasteiger partial charge in [0.1, 0.15) is 0 Å². The molecule has 0 unspecified atom stereocenters. The minimum absolute atomic E-state index is 0.803. The van der Waals surface area contributed by atoms with Crippen LogP contribution >= 0.6 is 11.6 Å². The summed E-state index contributed by atoms with van der Waals surface area (Å²) >= 11 is 6.22. The lowest BCUT2D eigenvalue weighted by molar-refractivity contribution is 1.10. The fourth-order valence-corrected chi connectivity index (χ4v) is 1.66. The summed E-state index contributed by atoms with van der Waals surface area (Å²) in [6, 6.07) is 6.03. The van der Waals surface area contributed by atoms with Gasteiger partial charge in [-0.15, -0.1) is 0 Å². The van der Waals surface area contributed by atoms with E-state index in [9.17, 15) is 0 Å². The zero-order valence-electron chi connectivity index (χ0n) is 8.50. The first kappa shape index (κ1) is 10.2. The van der Waals surface area contributed by atoms with Crippen molar-refractivity contribution >= 4 is 23.0 Å². The lowest BCUT2D eigenvalue weighted by Crippen LogP contribution is -2.13. The highest BCUT2D eigenvalue weighted by Gasteiger charge is 2.08. The Labute approximate surface area is 84.7 Å². The van der Waals surface area contributed by atoms with Gasteiger partial charge in [-0.2, -0.15) is 0 Å². The Hall–Kier alpha value is -0.890. The van der Waals surface area contributed by atoms with Gasteiger partial charge in [-0.05, 0) is 12.1 Å². The topological polar surface area (TPSA) is 6.48 Å². The van der Waals surface area contributed by atoms with Crippen molar-refractivity contribution in [2.45, 2.75) is 0 Å². The van der Waals surface area contributed by atoms with Crippen molar-refractivity contribution < 1.29 is 0 Å². The largest absolute Gasteiger partial charge is 0.376 e. The molecule has 0 amide bonds. The molecule has 0 fully saturated rings. The molecule has 2 nitrogen and oxygen atoms in total. The molecule has 0 radical (unpaired) electrons. The maximum absolute atomic E-state index is 6.22. The van der Waals surface area contributed by atoms with E-state index in [0.29, 0.717) is 0 Å². The Kier molecular flexibility index (Phi) is 3.04. The number of nitrogens with zero attached hydrogens (tertiary/aromatic N) is 2. The van der Waals surface area contributed by atoms with Crippen LogP contribution < -0.4 is 9.80 Å². The first-order valence-corrected chi connectivity index (χ1v) is 4.55. The number of hydrogen-bond acceptors (Lipinski definition) is 2. The summed E-state index contributed by atoms with van der Waals surface area (Å²) in [6.45, 7) is 0. The quantitative estimate of drug-likeness (QED) is 0.721. The highest BCUT2D eigenvalue weighted by molar-refractivity contribution is 6.36. The molecule has 0 atom stereocenters. The normalized spacial score (nSPS) is 9.92. The average Bonchev–Trinajstić information content (AvgIpc) is 2.03. The Morgan fingerprint density at radius 2 is 1.31 bits per heavy atom. The van der Waals surface area contributed by atoms with Crippen molar-refractivity contribution in [3.8, 4) is 0 Å². The van der Waals surface area contributed by atoms with Crippen molar-refractivity contribution in [2.75, 3.05) is 38.0 Å². The van der Waals surface area contributed by atoms with Crippen LogP contribution in [0.2, 0.25) is 5.02 Å². The molecule has 1 rings (SSSR count). The van der Waals surface area contributed by atoms with Crippen molar-refractivity contribution in [3.05, 3.63) is 23.2 Å². The predicted molar refractivity (Wildman–Crippen MR) is 60.1 cm³/mol. The standard InChI is InChI=1S/C10H15ClN2/c1-12(2)8-6-5-7-9(10(8)11)13(3)4/h5-7H,1-4H3. The summed E-state index contributed by atoms with van der Waals surface area (Å²) in [5.41, 5.74) is 2.10. The Morgan fingerprint density at radius 3 is 1.62 bits per heavy atom. The van der Waals surface area contributed by atoms with Crippen LogP contribution in [0.3, 0.4) is 0 Å². The Bertz CT molecular complexity index is 269. The third kappa shape index (κ3) is 2.07. The van der Waals surface area contributed by atoms with Gasteiger partial charge < -0.3 is 9.80 Å². The average molecular weight is 199 g/mol. The van der Waals surface area contributed by atoms with Crippen LogP contribution in [0.4, 0.5) is 11.4 Å². The van der Waals surface area contributed by atoms with Gasteiger partial charge in [-0.25, -0.2) is 0 Å². The number of benzene rings is 1. The molecule has 72 valence electrons. The first-order valence-electron chi connectivity index (χ1n) is 4.17. The summed E-state index contributed by atoms with van der Waals surface area (Å²) < 4.78 is 0. The van der Waals surface area contributed by atoms with E-state index < -0.39 is 0 Å². The van der Waals surface area contributed by atoms with Crippen LogP contribution in [0.15, 0.2) is 18.2 Å². The van der Waals surface area contributed by atoms with Crippen molar-refractivity contribution in [1.82, 2.24) is 0 Å². The second-order valence-electron chi connectivity index (χ2n) is 3.40. The molecule has 0 aliphatic heterocycles. The van der Waals surface area contributed by atoms with Crippen LogP contribution in [0, 0.1) is 0 Å². The van der Waals surface area contributed by atoms with E-state index in [4.69, 9.17) is 11.6 Å². The Balaban J connectivity index is 3.18. The lowest BCUT2D eigenvalue weighted by atomic mass is 10.2. The maximum atomic E-state index is 6.22. The summed E-state index contributed by atoms with van der Waals surface area (Å²) in [5.74, 6) is 0. The maximum Gasteiger partial charge on any atom is 0.0872 e. The van der Waals surface area contributed by atoms with Gasteiger partial charge in [0, 0.05) is 28.2 Å². The van der Waals surface area contributed by atoms with Crippen LogP contribution in [-0.4, -0.2) is 28.2 Å². The van der Waals surface area contributed by atoms with E-state index >= 15 is 0 Å². The molecule has 3 heteroatoms. The van der Waals surface area contributed by atoms with E-state index in [2.05, 4.69) is 0 Å². The van der Waals surface area contributed by atoms with Gasteiger partial charge in [0.2, 0.25) is 0 Å². The molecule has 0 saturated carbocycles. The second kappa shape index (κ2) is 3.88. The zero-order chi connectivity index (χ0) is 10.0. The minimum atomic E-state index is 0.803. The second-order valence-corrected chi connectivity index (χ2v) is 3.78. The molecule has 0 N–H and O–H groups in total. The van der Waals surface area contributed by atoms with Crippen LogP contribution in [-0.2, 0) is 0 Å². The highest BCUT2D eigenvalue weighted by atomic mass is 35.5. The van der Waals surface area contributed by atoms with E-state index in [1.807, 2.05) is 56.2 Å². The number of rotatable bonds is 2. The van der Waals surface area contributed by atoms with Crippen molar-refractivity contribution in [3.63, 3.8) is 0 Å². The fourth-order valence-electron chi connectivity index (χ4n) is 1.20. The Morgan fingerprint density at radius 1 is 0.923 bits per heavy atom. The smallest absolute Gasteiger partial charge is 0.0872 e. The van der Waals surface area contributed by atoms with Crippen molar-refractivity contribution in [1.29, 1.82) is 0 Å². The molecular weight excluding hydrogens is 184 g/mol. The summed E-state index contributed by atoms with van der Waals surface area (Å²) in [5, 5.41) is 0.803. The van der Waals surface area contributed by atoms with E-state index in [0.717, 1.165) is 16.4 Å². The van der Waals surface area contributed by atoms with Gasteiger partial charge in [-0.3, -0.25) is 0 Å². The van der Waals surface area contributed by atoms with Gasteiger partial charge in [0.15, 0.2) is 0 Å². The number of hydrogen-bond donors (Lipinski definition) is 0. The molecule has 0 heterocycles. The summed E-state index contributed by atoms with van der Waals surface area (Å²) in [6.07, 6.45) is 0. The van der Waals surface area contributed by atoms with Crippen LogP contribution in [0.25, 0.3) is 0 Å². The summed E-state index contributed by atoms with van der Waals surface area (Å²) in [7, 11) is 7.95. The first-order chi connectivity index (χ1) is 6.04. The number of halogens is 1. The molecule has 13 heavy (non-hydrogen) atoms. The van der Waals surface area contributed by atoms with E-state index in [-0.39, 0.29) is 0 Å². The van der Waals surface area contributed by atoms with E-state index in [1.165, 1.54) is 0 Å². The van der Waals surface area contributed by atoms with Gasteiger partial charge in [0.05, 0.1) is 16.4 Å². The van der Waals surface area contributed by atoms with Gasteiger partial charge in [-0.1, -0.05) is 17.7 Å². The van der Waals surface area contributed by atoms with E-state index in [1.54, 1.807) is 0 Å². The number of anilines is 2. The molecule has 0 aromatic heterocycles. The fraction of sp³-hybridized carbons (Fsp3) is 0.400. The minimum Gasteiger partial charge on any atom is -0.376 e. The monoisotopic (exact) mass is 198 g/mol. The third-order valence-corrected chi connectivity index (χ3v) is 2.31. The molecule has 1 aromatic rings. The molecule has 1 aromatic carbocycles. The molecular formula is C10H15ClN2. The molecule has 0 bridgehead atoms. The molecule has 0 saturated heterocycles. The molecule has 0 spiro atoms. The SMILES string of the molecule is CN(C)c1cccc(N(C)C)c1Cl. The molecule has 0 aliphatic rings. The summed E-state index contributed by atoms with van der Waals surface area (Å²) in [4.78, 5) is 4.02. The van der Waals surface area contributed by atoms with Crippen LogP contribution in [0.5, 0.6) is 0 Å². The lowest BCUT2D eigenvalue weighted by Gasteiger charge is -2.20. The van der Waals surface area contributed by atoms with Crippen molar-refractivity contribution in [2.24, 2.45) is 0 Å². The molecule has 0 aliphatic carbocycles.